The standard InChI is InChI=1S/C8H10N4O3/c1-2-10-8(13)6-3-5(12(14)15)4-11-7(6)9/h3-4H,2H2,1H3,(H2,9,11)(H,10,13). The highest BCUT2D eigenvalue weighted by Gasteiger charge is 2.15. The topological polar surface area (TPSA) is 111 Å². The van der Waals surface area contributed by atoms with E-state index in [0.717, 1.165) is 12.3 Å². The zero-order chi connectivity index (χ0) is 11.4. The molecule has 0 saturated heterocycles. The molecular formula is C8H10N4O3. The number of anilines is 1. The van der Waals surface area contributed by atoms with Gasteiger partial charge in [0, 0.05) is 12.6 Å². The lowest BCUT2D eigenvalue weighted by Gasteiger charge is -2.03. The highest BCUT2D eigenvalue weighted by Crippen LogP contribution is 2.16. The lowest BCUT2D eigenvalue weighted by atomic mass is 10.2. The minimum absolute atomic E-state index is 0.0195. The number of nitrogens with one attached hydrogen (secondary N) is 1. The van der Waals surface area contributed by atoms with Crippen molar-refractivity contribution in [2.24, 2.45) is 0 Å². The van der Waals surface area contributed by atoms with E-state index in [1.54, 1.807) is 6.92 Å². The molecule has 0 atom stereocenters. The first-order chi connectivity index (χ1) is 7.06. The van der Waals surface area contributed by atoms with E-state index in [1.807, 2.05) is 0 Å². The van der Waals surface area contributed by atoms with Crippen molar-refractivity contribution < 1.29 is 9.72 Å². The van der Waals surface area contributed by atoms with Crippen LogP contribution in [-0.2, 0) is 0 Å². The monoisotopic (exact) mass is 210 g/mol. The van der Waals surface area contributed by atoms with Gasteiger partial charge in [0.1, 0.15) is 12.0 Å². The number of hydrogen-bond acceptors (Lipinski definition) is 5. The van der Waals surface area contributed by atoms with E-state index in [1.165, 1.54) is 0 Å². The Kier molecular flexibility index (Phi) is 3.17. The van der Waals surface area contributed by atoms with Crippen molar-refractivity contribution in [3.8, 4) is 0 Å². The van der Waals surface area contributed by atoms with Gasteiger partial charge >= 0.3 is 0 Å². The minimum Gasteiger partial charge on any atom is -0.383 e. The van der Waals surface area contributed by atoms with Crippen molar-refractivity contribution in [1.82, 2.24) is 10.3 Å². The number of nitrogens with two attached hydrogens (primary N) is 1. The fourth-order valence-corrected chi connectivity index (χ4v) is 1.00. The number of nitrogens with zero attached hydrogens (tertiary/aromatic N) is 2. The van der Waals surface area contributed by atoms with Gasteiger partial charge in [0.15, 0.2) is 0 Å². The summed E-state index contributed by atoms with van der Waals surface area (Å²) >= 11 is 0. The van der Waals surface area contributed by atoms with Gasteiger partial charge in [-0.25, -0.2) is 4.98 Å². The molecule has 7 heteroatoms. The molecule has 1 aromatic heterocycles. The van der Waals surface area contributed by atoms with Crippen molar-refractivity contribution in [2.45, 2.75) is 6.92 Å². The summed E-state index contributed by atoms with van der Waals surface area (Å²) < 4.78 is 0. The summed E-state index contributed by atoms with van der Waals surface area (Å²) in [5, 5.41) is 12.9. The number of pyridine rings is 1. The Bertz CT molecular complexity index is 405. The number of nitrogen functional groups attached to an aromatic ring is 1. The molecule has 0 radical (unpaired) electrons. The first-order valence-electron chi connectivity index (χ1n) is 4.24. The Balaban J connectivity index is 3.10. The highest BCUT2D eigenvalue weighted by molar-refractivity contribution is 5.98. The van der Waals surface area contributed by atoms with E-state index in [0.29, 0.717) is 6.54 Å². The predicted octanol–water partition coefficient (Wildman–Crippen LogP) is 0.322. The second kappa shape index (κ2) is 4.36. The van der Waals surface area contributed by atoms with Gasteiger partial charge in [-0.3, -0.25) is 14.9 Å². The van der Waals surface area contributed by atoms with E-state index in [-0.39, 0.29) is 17.1 Å². The quantitative estimate of drug-likeness (QED) is 0.551. The summed E-state index contributed by atoms with van der Waals surface area (Å²) in [4.78, 5) is 24.8. The molecule has 0 saturated carbocycles. The zero-order valence-electron chi connectivity index (χ0n) is 8.06. The molecule has 0 spiro atoms. The summed E-state index contributed by atoms with van der Waals surface area (Å²) in [7, 11) is 0. The third kappa shape index (κ3) is 2.39. The maximum Gasteiger partial charge on any atom is 0.288 e. The lowest BCUT2D eigenvalue weighted by Crippen LogP contribution is -2.24. The Labute approximate surface area is 85.5 Å². The lowest BCUT2D eigenvalue weighted by molar-refractivity contribution is -0.385. The number of carbonyl (C=O) groups excluding carboxylic acids is 1. The van der Waals surface area contributed by atoms with Crippen molar-refractivity contribution in [1.29, 1.82) is 0 Å². The molecule has 0 bridgehead atoms. The van der Waals surface area contributed by atoms with Crippen LogP contribution in [0.2, 0.25) is 0 Å². The van der Waals surface area contributed by atoms with E-state index >= 15 is 0 Å². The van der Waals surface area contributed by atoms with Gasteiger partial charge in [-0.1, -0.05) is 0 Å². The number of nitro groups is 1. The second-order valence-electron chi connectivity index (χ2n) is 2.74. The van der Waals surface area contributed by atoms with Crippen LogP contribution >= 0.6 is 0 Å². The molecule has 0 unspecified atom stereocenters. The first-order valence-corrected chi connectivity index (χ1v) is 4.24. The first kappa shape index (κ1) is 10.9. The summed E-state index contributed by atoms with van der Waals surface area (Å²) in [5.74, 6) is -0.488. The SMILES string of the molecule is CCNC(=O)c1cc([N+](=O)[O-])cnc1N. The summed E-state index contributed by atoms with van der Waals surface area (Å²) in [5.41, 5.74) is 5.19. The normalized spacial score (nSPS) is 9.67. The van der Waals surface area contributed by atoms with E-state index in [9.17, 15) is 14.9 Å². The van der Waals surface area contributed by atoms with Crippen LogP contribution in [0.5, 0.6) is 0 Å². The van der Waals surface area contributed by atoms with Gasteiger partial charge in [-0.05, 0) is 6.92 Å². The third-order valence-electron chi connectivity index (χ3n) is 1.70. The second-order valence-corrected chi connectivity index (χ2v) is 2.74. The van der Waals surface area contributed by atoms with Crippen molar-refractivity contribution >= 4 is 17.4 Å². The van der Waals surface area contributed by atoms with Crippen molar-refractivity contribution in [3.05, 3.63) is 27.9 Å². The molecule has 0 aliphatic rings. The Morgan fingerprint density at radius 2 is 2.40 bits per heavy atom. The predicted molar refractivity (Wildman–Crippen MR) is 53.3 cm³/mol. The summed E-state index contributed by atoms with van der Waals surface area (Å²) in [6.07, 6.45) is 1.01. The van der Waals surface area contributed by atoms with Crippen LogP contribution < -0.4 is 11.1 Å². The van der Waals surface area contributed by atoms with Gasteiger partial charge in [0.2, 0.25) is 0 Å². The molecular weight excluding hydrogens is 200 g/mol. The average Bonchev–Trinajstić information content (AvgIpc) is 2.18. The average molecular weight is 210 g/mol. The molecule has 1 aromatic rings. The number of hydrogen-bond donors (Lipinski definition) is 2. The molecule has 1 amide bonds. The summed E-state index contributed by atoms with van der Waals surface area (Å²) in [6.45, 7) is 2.15. The maximum absolute atomic E-state index is 11.4. The van der Waals surface area contributed by atoms with Crippen LogP contribution in [0.1, 0.15) is 17.3 Å². The van der Waals surface area contributed by atoms with Crippen LogP contribution in [-0.4, -0.2) is 22.4 Å². The molecule has 7 nitrogen and oxygen atoms in total. The molecule has 0 fully saturated rings. The number of rotatable bonds is 3. The molecule has 80 valence electrons. The fraction of sp³-hybridized carbons (Fsp3) is 0.250. The largest absolute Gasteiger partial charge is 0.383 e. The maximum atomic E-state index is 11.4. The van der Waals surface area contributed by atoms with Gasteiger partial charge < -0.3 is 11.1 Å². The van der Waals surface area contributed by atoms with E-state index in [2.05, 4.69) is 10.3 Å². The zero-order valence-corrected chi connectivity index (χ0v) is 8.06. The molecule has 0 aromatic carbocycles. The van der Waals surface area contributed by atoms with Crippen molar-refractivity contribution in [2.75, 3.05) is 12.3 Å². The minimum atomic E-state index is -0.630. The molecule has 15 heavy (non-hydrogen) atoms. The molecule has 0 aliphatic heterocycles. The molecule has 3 N–H and O–H groups in total. The Hall–Kier alpha value is -2.18. The van der Waals surface area contributed by atoms with E-state index < -0.39 is 10.8 Å². The van der Waals surface area contributed by atoms with Gasteiger partial charge in [-0.2, -0.15) is 0 Å². The fourth-order valence-electron chi connectivity index (χ4n) is 1.00. The van der Waals surface area contributed by atoms with Crippen LogP contribution in [0.25, 0.3) is 0 Å². The highest BCUT2D eigenvalue weighted by atomic mass is 16.6. The third-order valence-corrected chi connectivity index (χ3v) is 1.70. The Morgan fingerprint density at radius 3 is 2.93 bits per heavy atom. The summed E-state index contributed by atoms with van der Waals surface area (Å²) in [6, 6.07) is 1.10. The van der Waals surface area contributed by atoms with E-state index in [4.69, 9.17) is 5.73 Å². The number of carbonyl (C=O) groups is 1. The number of amides is 1. The van der Waals surface area contributed by atoms with Gasteiger partial charge in [0.25, 0.3) is 11.6 Å². The van der Waals surface area contributed by atoms with Crippen LogP contribution in [0.3, 0.4) is 0 Å². The number of aromatic nitrogens is 1. The van der Waals surface area contributed by atoms with Gasteiger partial charge in [0.05, 0.1) is 10.5 Å². The molecule has 1 rings (SSSR count). The molecule has 0 aliphatic carbocycles. The van der Waals surface area contributed by atoms with Crippen LogP contribution in [0, 0.1) is 10.1 Å². The van der Waals surface area contributed by atoms with Crippen LogP contribution in [0.15, 0.2) is 12.3 Å². The molecule has 1 heterocycles. The van der Waals surface area contributed by atoms with Gasteiger partial charge in [-0.15, -0.1) is 0 Å². The van der Waals surface area contributed by atoms with Crippen molar-refractivity contribution in [3.63, 3.8) is 0 Å². The van der Waals surface area contributed by atoms with Crippen LogP contribution in [0.4, 0.5) is 11.5 Å². The Morgan fingerprint density at radius 1 is 1.73 bits per heavy atom. The smallest absolute Gasteiger partial charge is 0.288 e.